The second kappa shape index (κ2) is 26.4. The summed E-state index contributed by atoms with van der Waals surface area (Å²) in [5, 5.41) is 21.7. The van der Waals surface area contributed by atoms with Crippen LogP contribution in [0.4, 0.5) is 0 Å². The predicted molar refractivity (Wildman–Crippen MR) is 300 cm³/mol. The minimum absolute atomic E-state index is 0.0240. The molecule has 21 nitrogen and oxygen atoms in total. The fourth-order valence-corrected chi connectivity index (χ4v) is 10.2. The summed E-state index contributed by atoms with van der Waals surface area (Å²) in [6.45, 7) is 0. The highest BCUT2D eigenvalue weighted by Gasteiger charge is 2.36. The zero-order valence-corrected chi connectivity index (χ0v) is 44.2. The number of fused-ring (bicyclic) bond motifs is 3. The average molecular weight is 1090 g/mol. The van der Waals surface area contributed by atoms with Gasteiger partial charge in [-0.25, -0.2) is 0 Å². The van der Waals surface area contributed by atoms with E-state index in [9.17, 15) is 28.8 Å². The number of rotatable bonds is 27. The lowest BCUT2D eigenvalue weighted by Crippen LogP contribution is -2.61. The molecule has 1 saturated heterocycles. The summed E-state index contributed by atoms with van der Waals surface area (Å²) in [7, 11) is 0. The molecule has 0 unspecified atom stereocenters. The SMILES string of the molecule is CSCC[C@H](NC(=O)[C@@H](Cc1c[nH]c2ccccc12)NC(=O)[C@@H](Cc1c[nH]c2ccccc12)NC(=O)[C@H](Cc1ccccc1)NC(=O)[C@@H](Cc1c[nH]c2ccccc12)NC(=O)[C@H](CCC(N)=O)NC(=O)[C@@H]1CCC(=O)N1)C(N)=O. The van der Waals surface area contributed by atoms with Gasteiger partial charge in [-0.05, 0) is 71.7 Å². The van der Waals surface area contributed by atoms with Gasteiger partial charge in [-0.2, -0.15) is 11.8 Å². The molecule has 7 aromatic rings. The van der Waals surface area contributed by atoms with E-state index in [0.717, 1.165) is 32.7 Å². The third-order valence-electron chi connectivity index (χ3n) is 14.0. The van der Waals surface area contributed by atoms with Crippen LogP contribution in [-0.4, -0.2) is 122 Å². The summed E-state index contributed by atoms with van der Waals surface area (Å²) in [5.74, 6) is -5.84. The van der Waals surface area contributed by atoms with Crippen molar-refractivity contribution in [2.24, 2.45) is 11.5 Å². The maximum atomic E-state index is 15.1. The molecule has 14 N–H and O–H groups in total. The van der Waals surface area contributed by atoms with E-state index < -0.39 is 89.6 Å². The number of amides is 9. The molecule has 0 aliphatic carbocycles. The molecule has 1 aliphatic heterocycles. The average Bonchev–Trinajstić information content (AvgIpc) is 4.34. The van der Waals surface area contributed by atoms with Crippen molar-refractivity contribution in [1.29, 1.82) is 0 Å². The number of hydrogen-bond acceptors (Lipinski definition) is 10. The lowest BCUT2D eigenvalue weighted by Gasteiger charge is -2.28. The summed E-state index contributed by atoms with van der Waals surface area (Å²) in [5.41, 5.74) is 16.1. The van der Waals surface area contributed by atoms with Crippen molar-refractivity contribution in [3.8, 4) is 0 Å². The number of nitrogens with two attached hydrogens (primary N) is 2. The van der Waals surface area contributed by atoms with Crippen LogP contribution in [-0.2, 0) is 68.8 Å². The van der Waals surface area contributed by atoms with E-state index in [1.54, 1.807) is 48.9 Å². The first kappa shape index (κ1) is 56.3. The Kier molecular flexibility index (Phi) is 18.8. The van der Waals surface area contributed by atoms with E-state index >= 15 is 14.4 Å². The van der Waals surface area contributed by atoms with Crippen molar-refractivity contribution < 1.29 is 43.2 Å². The van der Waals surface area contributed by atoms with Crippen LogP contribution in [0.1, 0.15) is 54.4 Å². The second-order valence-corrected chi connectivity index (χ2v) is 20.6. The molecule has 4 heterocycles. The molecule has 0 bridgehead atoms. The Labute approximate surface area is 458 Å². The number of para-hydroxylation sites is 3. The zero-order valence-electron chi connectivity index (χ0n) is 43.4. The van der Waals surface area contributed by atoms with Crippen molar-refractivity contribution in [3.05, 3.63) is 144 Å². The predicted octanol–water partition coefficient (Wildman–Crippen LogP) is 2.09. The van der Waals surface area contributed by atoms with Crippen LogP contribution in [0.2, 0.25) is 0 Å². The first-order valence-electron chi connectivity index (χ1n) is 26.0. The molecule has 3 aromatic heterocycles. The van der Waals surface area contributed by atoms with Gasteiger partial charge in [-0.3, -0.25) is 43.2 Å². The van der Waals surface area contributed by atoms with Gasteiger partial charge in [0.05, 0.1) is 0 Å². The van der Waals surface area contributed by atoms with Crippen molar-refractivity contribution in [2.45, 2.75) is 100 Å². The lowest BCUT2D eigenvalue weighted by atomic mass is 9.99. The van der Waals surface area contributed by atoms with Gasteiger partial charge in [-0.15, -0.1) is 0 Å². The third kappa shape index (κ3) is 14.8. The number of carbonyl (C=O) groups is 9. The highest BCUT2D eigenvalue weighted by Crippen LogP contribution is 2.23. The van der Waals surface area contributed by atoms with Gasteiger partial charge >= 0.3 is 0 Å². The summed E-state index contributed by atoms with van der Waals surface area (Å²) < 4.78 is 0. The fourth-order valence-electron chi connectivity index (χ4n) is 9.77. The molecule has 0 radical (unpaired) electrons. The van der Waals surface area contributed by atoms with Crippen LogP contribution in [0.15, 0.2) is 122 Å². The molecule has 412 valence electrons. The summed E-state index contributed by atoms with van der Waals surface area (Å²) in [6.07, 6.45) is 6.69. The second-order valence-electron chi connectivity index (χ2n) is 19.6. The number of aromatic amines is 3. The number of nitrogens with one attached hydrogen (secondary N) is 10. The molecule has 0 saturated carbocycles. The van der Waals surface area contributed by atoms with Gasteiger partial charge in [0.2, 0.25) is 53.2 Å². The third-order valence-corrected chi connectivity index (χ3v) is 14.7. The summed E-state index contributed by atoms with van der Waals surface area (Å²) >= 11 is 1.47. The number of aromatic nitrogens is 3. The Balaban J connectivity index is 1.11. The Bertz CT molecular complexity index is 3360. The molecular formula is C57H64N12O9S. The monoisotopic (exact) mass is 1090 g/mol. The smallest absolute Gasteiger partial charge is 0.243 e. The van der Waals surface area contributed by atoms with E-state index in [2.05, 4.69) is 52.2 Å². The maximum Gasteiger partial charge on any atom is 0.243 e. The van der Waals surface area contributed by atoms with Crippen LogP contribution >= 0.6 is 11.8 Å². The number of benzene rings is 4. The van der Waals surface area contributed by atoms with Gasteiger partial charge in [0.25, 0.3) is 0 Å². The fraction of sp³-hybridized carbons (Fsp3) is 0.316. The molecule has 22 heteroatoms. The summed E-state index contributed by atoms with van der Waals surface area (Å²) in [4.78, 5) is 134. The van der Waals surface area contributed by atoms with Crippen molar-refractivity contribution in [1.82, 2.24) is 52.2 Å². The number of primary amides is 2. The van der Waals surface area contributed by atoms with Crippen LogP contribution < -0.4 is 48.7 Å². The van der Waals surface area contributed by atoms with Gasteiger partial charge in [0.15, 0.2) is 0 Å². The first-order chi connectivity index (χ1) is 38.1. The van der Waals surface area contributed by atoms with E-state index in [1.807, 2.05) is 79.1 Å². The van der Waals surface area contributed by atoms with Crippen LogP contribution in [0.3, 0.4) is 0 Å². The Morgan fingerprint density at radius 3 is 1.33 bits per heavy atom. The highest BCUT2D eigenvalue weighted by molar-refractivity contribution is 7.98. The zero-order chi connectivity index (χ0) is 56.0. The molecule has 1 aliphatic rings. The van der Waals surface area contributed by atoms with Crippen molar-refractivity contribution in [2.75, 3.05) is 12.0 Å². The number of thioether (sulfide) groups is 1. The van der Waals surface area contributed by atoms with Crippen LogP contribution in [0, 0.1) is 0 Å². The molecule has 79 heavy (non-hydrogen) atoms. The topological polar surface area (TPSA) is 337 Å². The highest BCUT2D eigenvalue weighted by atomic mass is 32.2. The van der Waals surface area contributed by atoms with E-state index in [1.165, 1.54) is 11.8 Å². The summed E-state index contributed by atoms with van der Waals surface area (Å²) in [6, 6.07) is 22.2. The number of carbonyl (C=O) groups excluding carboxylic acids is 9. The van der Waals surface area contributed by atoms with Crippen molar-refractivity contribution >= 4 is 97.6 Å². The maximum absolute atomic E-state index is 15.1. The number of H-pyrrole nitrogens is 3. The largest absolute Gasteiger partial charge is 0.370 e. The van der Waals surface area contributed by atoms with Gasteiger partial charge < -0.3 is 63.6 Å². The van der Waals surface area contributed by atoms with Gasteiger partial charge in [0, 0.05) is 89.8 Å². The van der Waals surface area contributed by atoms with Crippen molar-refractivity contribution in [3.63, 3.8) is 0 Å². The quantitative estimate of drug-likeness (QED) is 0.0356. The Hall–Kier alpha value is -8.92. The normalized spacial score (nSPS) is 15.5. The lowest BCUT2D eigenvalue weighted by molar-refractivity contribution is -0.135. The molecule has 1 fully saturated rings. The molecule has 0 spiro atoms. The van der Waals surface area contributed by atoms with Gasteiger partial charge in [0.1, 0.15) is 42.3 Å². The molecule has 9 amide bonds. The molecule has 8 rings (SSSR count). The van der Waals surface area contributed by atoms with E-state index in [4.69, 9.17) is 11.5 Å². The van der Waals surface area contributed by atoms with E-state index in [0.29, 0.717) is 28.0 Å². The Morgan fingerprint density at radius 2 is 0.924 bits per heavy atom. The minimum atomic E-state index is -1.41. The molecule has 4 aromatic carbocycles. The molecular weight excluding hydrogens is 1030 g/mol. The van der Waals surface area contributed by atoms with Crippen LogP contribution in [0.25, 0.3) is 32.7 Å². The van der Waals surface area contributed by atoms with Gasteiger partial charge in [-0.1, -0.05) is 84.9 Å². The molecule has 7 atom stereocenters. The first-order valence-corrected chi connectivity index (χ1v) is 27.4. The standard InChI is InChI=1S/C57H64N12O9S/c1-79-24-23-42(51(59)72)64-55(76)46(26-33-29-60-39-16-8-5-13-36(33)39)69-57(78)48(28-35-31-62-41-18-10-7-15-38(35)41)68-54(75)45(25-32-11-3-2-4-12-32)66-56(77)47(27-34-30-61-40-17-9-6-14-37(34)40)67-53(74)44(19-21-49(58)70)65-52(73)43-20-22-50(71)63-43/h2-18,29-31,42-48,60-62H,19-28H2,1H3,(H2,58,70)(H2,59,72)(H,63,71)(H,64,76)(H,65,73)(H,66,77)(H,67,74)(H,68,75)(H,69,78)/t42-,43-,44-,45-,46+,47+,48+/m0/s1. The van der Waals surface area contributed by atoms with Crippen LogP contribution in [0.5, 0.6) is 0 Å². The Morgan fingerprint density at radius 1 is 0.519 bits per heavy atom. The number of hydrogen-bond donors (Lipinski definition) is 12. The van der Waals surface area contributed by atoms with E-state index in [-0.39, 0.29) is 63.7 Å². The minimum Gasteiger partial charge on any atom is -0.370 e.